The van der Waals surface area contributed by atoms with Crippen LogP contribution < -0.4 is 11.1 Å². The Morgan fingerprint density at radius 2 is 1.80 bits per heavy atom. The van der Waals surface area contributed by atoms with Gasteiger partial charge in [0.1, 0.15) is 17.5 Å². The molecule has 3 rings (SSSR count). The molecule has 1 atom stereocenters. The number of aromatic nitrogens is 1. The number of anilines is 1. The van der Waals surface area contributed by atoms with Crippen molar-refractivity contribution in [1.29, 1.82) is 5.26 Å². The zero-order valence-electron chi connectivity index (χ0n) is 23.3. The molecule has 1 unspecified atom stereocenters. The largest absolute Gasteiger partial charge is 0.392 e. The molecule has 4 N–H and O–H groups in total. The van der Waals surface area contributed by atoms with Crippen molar-refractivity contribution in [3.63, 3.8) is 0 Å². The van der Waals surface area contributed by atoms with Crippen LogP contribution in [0.15, 0.2) is 60.8 Å². The average Bonchev–Trinajstić information content (AvgIpc) is 2.99. The molecule has 1 amide bonds. The second-order valence-corrected chi connectivity index (χ2v) is 9.32. The summed E-state index contributed by atoms with van der Waals surface area (Å²) in [6, 6.07) is 14.3. The lowest BCUT2D eigenvalue weighted by molar-refractivity contribution is -0.116. The molecule has 3 aromatic rings. The number of aliphatic hydroxyl groups excluding tert-OH is 1. The van der Waals surface area contributed by atoms with Crippen molar-refractivity contribution in [2.24, 2.45) is 0 Å². The van der Waals surface area contributed by atoms with Gasteiger partial charge in [-0.25, -0.2) is 4.98 Å². The number of ketones is 1. The van der Waals surface area contributed by atoms with E-state index >= 15 is 0 Å². The average molecular weight is 548 g/mol. The van der Waals surface area contributed by atoms with Gasteiger partial charge in [0.25, 0.3) is 5.91 Å². The van der Waals surface area contributed by atoms with E-state index in [0.717, 1.165) is 23.9 Å². The molecule has 8 heteroatoms. The normalized spacial score (nSPS) is 11.0. The number of likely N-dealkylation sites (N-methyl/N-ethyl adjacent to an activating group) is 1. The molecule has 1 aromatic heterocycles. The molecule has 8 nitrogen and oxygen atoms in total. The first-order valence-corrected chi connectivity index (χ1v) is 13.4. The van der Waals surface area contributed by atoms with Crippen molar-refractivity contribution < 1.29 is 14.7 Å². The van der Waals surface area contributed by atoms with Gasteiger partial charge in [-0.05, 0) is 43.8 Å². The molecule has 2 aromatic carbocycles. The summed E-state index contributed by atoms with van der Waals surface area (Å²) in [6.45, 7) is 9.82. The second kappa shape index (κ2) is 15.0. The van der Waals surface area contributed by atoms with E-state index < -0.39 is 12.0 Å². The maximum Gasteiger partial charge on any atom is 0.262 e. The number of fused-ring (bicyclic) bond motifs is 1. The van der Waals surface area contributed by atoms with Gasteiger partial charge in [0.2, 0.25) is 0 Å². The lowest BCUT2D eigenvalue weighted by atomic mass is 10.0. The van der Waals surface area contributed by atoms with Crippen molar-refractivity contribution in [3.8, 4) is 29.8 Å². The van der Waals surface area contributed by atoms with Gasteiger partial charge in [0.05, 0.1) is 18.2 Å². The van der Waals surface area contributed by atoms with E-state index in [2.05, 4.69) is 45.5 Å². The summed E-state index contributed by atoms with van der Waals surface area (Å²) in [4.78, 5) is 30.6. The minimum absolute atomic E-state index is 0.0196. The van der Waals surface area contributed by atoms with Crippen LogP contribution in [0.1, 0.15) is 53.7 Å². The van der Waals surface area contributed by atoms with Gasteiger partial charge < -0.3 is 21.1 Å². The number of hydrogen-bond donors (Lipinski definition) is 3. The maximum absolute atomic E-state index is 12.6. The number of pyridine rings is 1. The number of nitrogen functional groups attached to an aromatic ring is 1. The van der Waals surface area contributed by atoms with E-state index in [0.29, 0.717) is 35.2 Å². The van der Waals surface area contributed by atoms with Crippen LogP contribution in [0.25, 0.3) is 10.8 Å². The zero-order valence-corrected chi connectivity index (χ0v) is 23.3. The number of aliphatic hydroxyl groups is 1. The Bertz CT molecular complexity index is 1590. The van der Waals surface area contributed by atoms with E-state index in [4.69, 9.17) is 11.0 Å². The maximum atomic E-state index is 12.6. The summed E-state index contributed by atoms with van der Waals surface area (Å²) in [7, 11) is 0. The predicted octanol–water partition coefficient (Wildman–Crippen LogP) is 3.43. The van der Waals surface area contributed by atoms with Crippen LogP contribution in [0, 0.1) is 35.0 Å². The van der Waals surface area contributed by atoms with Crippen molar-refractivity contribution in [1.82, 2.24) is 15.2 Å². The Morgan fingerprint density at radius 1 is 1.10 bits per heavy atom. The monoisotopic (exact) mass is 547 g/mol. The van der Waals surface area contributed by atoms with E-state index in [1.165, 1.54) is 0 Å². The standard InChI is InChI=1S/C33H33N5O3/c1-4-38(5-2)22-28(39)15-17-31(40)26-12-8-24(9-13-26)11-16-29-30-19-25(10-14-27(30)21-37-32(29)35)7-6-18-36-33(41)23(3)20-34/h8-10,12-14,19,21,28,39H,3-5,15,17-18,22H2,1-2H3,(H2,35,37)(H,36,41). The number of nitriles is 1. The van der Waals surface area contributed by atoms with E-state index in [-0.39, 0.29) is 30.1 Å². The molecule has 0 aliphatic heterocycles. The highest BCUT2D eigenvalue weighted by Crippen LogP contribution is 2.23. The van der Waals surface area contributed by atoms with Gasteiger partial charge in [-0.15, -0.1) is 0 Å². The molecule has 0 aliphatic carbocycles. The molecule has 0 spiro atoms. The zero-order chi connectivity index (χ0) is 29.8. The summed E-state index contributed by atoms with van der Waals surface area (Å²) in [5, 5.41) is 23.1. The van der Waals surface area contributed by atoms with Gasteiger partial charge >= 0.3 is 0 Å². The summed E-state index contributed by atoms with van der Waals surface area (Å²) in [5.41, 5.74) is 8.54. The lowest BCUT2D eigenvalue weighted by Crippen LogP contribution is -2.32. The highest BCUT2D eigenvalue weighted by molar-refractivity contribution is 5.97. The van der Waals surface area contributed by atoms with Crippen molar-refractivity contribution in [2.75, 3.05) is 31.9 Å². The first kappa shape index (κ1) is 30.6. The summed E-state index contributed by atoms with van der Waals surface area (Å²) in [5.74, 6) is 11.8. The third-order valence-corrected chi connectivity index (χ3v) is 6.51. The molecule has 41 heavy (non-hydrogen) atoms. The SMILES string of the molecule is C=C(C#N)C(=O)NCC#Cc1ccc2cnc(N)c(C#Cc3ccc(C(=O)CCC(O)CN(CC)CC)cc3)c2c1. The smallest absolute Gasteiger partial charge is 0.262 e. The Labute approximate surface area is 240 Å². The Kier molecular flexibility index (Phi) is 11.2. The van der Waals surface area contributed by atoms with Crippen LogP contribution in [0.3, 0.4) is 0 Å². The molecule has 0 radical (unpaired) electrons. The molecule has 0 aliphatic rings. The number of benzene rings is 2. The topological polar surface area (TPSA) is 132 Å². The summed E-state index contributed by atoms with van der Waals surface area (Å²) < 4.78 is 0. The molecule has 208 valence electrons. The summed E-state index contributed by atoms with van der Waals surface area (Å²) >= 11 is 0. The molecular formula is C33H33N5O3. The van der Waals surface area contributed by atoms with Gasteiger partial charge in [0, 0.05) is 46.6 Å². The van der Waals surface area contributed by atoms with E-state index in [9.17, 15) is 14.7 Å². The number of carbonyl (C=O) groups excluding carboxylic acids is 2. The first-order chi connectivity index (χ1) is 19.7. The number of nitrogens with zero attached hydrogens (tertiary/aromatic N) is 3. The fraction of sp³-hybridized carbons (Fsp3) is 0.273. The van der Waals surface area contributed by atoms with Crippen LogP contribution in [-0.4, -0.2) is 59.0 Å². The fourth-order valence-electron chi connectivity index (χ4n) is 4.05. The Balaban J connectivity index is 1.71. The third-order valence-electron chi connectivity index (χ3n) is 6.51. The number of nitrogens with one attached hydrogen (secondary N) is 1. The number of Topliss-reactive ketones (excluding diaryl/α,β-unsaturated/α-hetero) is 1. The predicted molar refractivity (Wildman–Crippen MR) is 161 cm³/mol. The second-order valence-electron chi connectivity index (χ2n) is 9.32. The van der Waals surface area contributed by atoms with Crippen LogP contribution in [0.5, 0.6) is 0 Å². The molecule has 0 saturated heterocycles. The first-order valence-electron chi connectivity index (χ1n) is 13.4. The van der Waals surface area contributed by atoms with Crippen LogP contribution in [0.2, 0.25) is 0 Å². The van der Waals surface area contributed by atoms with Crippen molar-refractivity contribution >= 4 is 28.3 Å². The van der Waals surface area contributed by atoms with Crippen LogP contribution in [0.4, 0.5) is 5.82 Å². The number of amides is 1. The molecule has 0 fully saturated rings. The van der Waals surface area contributed by atoms with Gasteiger partial charge in [-0.2, -0.15) is 5.26 Å². The highest BCUT2D eigenvalue weighted by Gasteiger charge is 2.13. The van der Waals surface area contributed by atoms with E-state index in [1.807, 2.05) is 32.0 Å². The summed E-state index contributed by atoms with van der Waals surface area (Å²) in [6.07, 6.45) is 1.83. The van der Waals surface area contributed by atoms with Gasteiger partial charge in [-0.3, -0.25) is 9.59 Å². The Hall–Kier alpha value is -4.94. The molecule has 0 bridgehead atoms. The van der Waals surface area contributed by atoms with Gasteiger partial charge in [0.15, 0.2) is 5.78 Å². The number of nitrogens with two attached hydrogens (primary N) is 1. The van der Waals surface area contributed by atoms with E-state index in [1.54, 1.807) is 36.5 Å². The van der Waals surface area contributed by atoms with Crippen molar-refractivity contribution in [3.05, 3.63) is 83.1 Å². The highest BCUT2D eigenvalue weighted by atomic mass is 16.3. The Morgan fingerprint density at radius 3 is 2.49 bits per heavy atom. The third kappa shape index (κ3) is 8.78. The molecule has 1 heterocycles. The van der Waals surface area contributed by atoms with Crippen molar-refractivity contribution in [2.45, 2.75) is 32.8 Å². The quantitative estimate of drug-likeness (QED) is 0.153. The minimum atomic E-state index is -0.557. The fourth-order valence-corrected chi connectivity index (χ4v) is 4.05. The van der Waals surface area contributed by atoms with Crippen LogP contribution >= 0.6 is 0 Å². The minimum Gasteiger partial charge on any atom is -0.392 e. The van der Waals surface area contributed by atoms with Gasteiger partial charge in [-0.1, -0.05) is 62.3 Å². The van der Waals surface area contributed by atoms with Crippen LogP contribution in [-0.2, 0) is 4.79 Å². The number of rotatable bonds is 10. The lowest BCUT2D eigenvalue weighted by Gasteiger charge is -2.21. The number of hydrogen-bond acceptors (Lipinski definition) is 7. The molecular weight excluding hydrogens is 514 g/mol. The molecule has 0 saturated carbocycles. The number of carbonyl (C=O) groups is 2.